The number of methoxy groups -OCH3 is 1. The van der Waals surface area contributed by atoms with Gasteiger partial charge in [0.2, 0.25) is 0 Å². The maximum Gasteiger partial charge on any atom is 0.121 e. The number of ether oxygens (including phenoxy) is 1. The molecule has 0 aliphatic heterocycles. The van der Waals surface area contributed by atoms with E-state index >= 15 is 0 Å². The van der Waals surface area contributed by atoms with Gasteiger partial charge < -0.3 is 10.5 Å². The van der Waals surface area contributed by atoms with Crippen LogP contribution in [0, 0.1) is 12.8 Å². The van der Waals surface area contributed by atoms with E-state index in [-0.39, 0.29) is 0 Å². The Morgan fingerprint density at radius 1 is 1.39 bits per heavy atom. The molecule has 0 heterocycles. The van der Waals surface area contributed by atoms with Gasteiger partial charge >= 0.3 is 0 Å². The minimum Gasteiger partial charge on any atom is -0.496 e. The van der Waals surface area contributed by atoms with Crippen molar-refractivity contribution in [3.8, 4) is 5.75 Å². The SMILES string of the molecule is COc1ccc(/C(=C/CCCN)C(C)C)cc1C. The molecule has 2 heteroatoms. The van der Waals surface area contributed by atoms with Crippen LogP contribution < -0.4 is 10.5 Å². The number of benzene rings is 1. The summed E-state index contributed by atoms with van der Waals surface area (Å²) in [6.45, 7) is 7.30. The number of allylic oxidation sites excluding steroid dienone is 2. The van der Waals surface area contributed by atoms with Crippen LogP contribution in [0.15, 0.2) is 24.3 Å². The lowest BCUT2D eigenvalue weighted by atomic mass is 9.93. The molecule has 0 aliphatic rings. The Hall–Kier alpha value is -1.28. The Balaban J connectivity index is 2.99. The molecule has 1 aromatic rings. The molecule has 0 atom stereocenters. The van der Waals surface area contributed by atoms with Crippen molar-refractivity contribution in [2.45, 2.75) is 33.6 Å². The van der Waals surface area contributed by atoms with Gasteiger partial charge in [-0.15, -0.1) is 0 Å². The molecule has 0 fully saturated rings. The molecule has 1 aromatic carbocycles. The monoisotopic (exact) mass is 247 g/mol. The van der Waals surface area contributed by atoms with E-state index in [1.54, 1.807) is 7.11 Å². The van der Waals surface area contributed by atoms with Crippen LogP contribution in [0.2, 0.25) is 0 Å². The summed E-state index contributed by atoms with van der Waals surface area (Å²) in [7, 11) is 1.71. The quantitative estimate of drug-likeness (QED) is 0.776. The van der Waals surface area contributed by atoms with Crippen LogP contribution in [0.1, 0.15) is 37.8 Å². The third-order valence-corrected chi connectivity index (χ3v) is 3.12. The van der Waals surface area contributed by atoms with Crippen molar-refractivity contribution in [3.63, 3.8) is 0 Å². The normalized spacial score (nSPS) is 12.0. The topological polar surface area (TPSA) is 35.2 Å². The van der Waals surface area contributed by atoms with Crippen LogP contribution in [0.5, 0.6) is 5.75 Å². The highest BCUT2D eigenvalue weighted by Gasteiger charge is 2.08. The van der Waals surface area contributed by atoms with Gasteiger partial charge in [0.05, 0.1) is 7.11 Å². The molecule has 0 aliphatic carbocycles. The van der Waals surface area contributed by atoms with Crippen LogP contribution in [0.25, 0.3) is 5.57 Å². The lowest BCUT2D eigenvalue weighted by Crippen LogP contribution is -1.99. The van der Waals surface area contributed by atoms with Crippen molar-refractivity contribution < 1.29 is 4.74 Å². The molecule has 0 spiro atoms. The maximum absolute atomic E-state index is 5.55. The summed E-state index contributed by atoms with van der Waals surface area (Å²) in [5, 5.41) is 0. The summed E-state index contributed by atoms with van der Waals surface area (Å²) in [5.74, 6) is 1.47. The number of unbranched alkanes of at least 4 members (excludes halogenated alkanes) is 1. The second-order valence-corrected chi connectivity index (χ2v) is 4.93. The summed E-state index contributed by atoms with van der Waals surface area (Å²) < 4.78 is 5.30. The second kappa shape index (κ2) is 7.22. The van der Waals surface area contributed by atoms with Crippen LogP contribution >= 0.6 is 0 Å². The first-order valence-corrected chi connectivity index (χ1v) is 6.65. The average molecular weight is 247 g/mol. The third-order valence-electron chi connectivity index (χ3n) is 3.12. The third kappa shape index (κ3) is 3.88. The van der Waals surface area contributed by atoms with Crippen molar-refractivity contribution >= 4 is 5.57 Å². The zero-order valence-electron chi connectivity index (χ0n) is 12.0. The summed E-state index contributed by atoms with van der Waals surface area (Å²) in [6, 6.07) is 6.39. The lowest BCUT2D eigenvalue weighted by Gasteiger charge is -2.14. The number of nitrogens with two attached hydrogens (primary N) is 1. The predicted octanol–water partition coefficient (Wildman–Crippen LogP) is 3.78. The highest BCUT2D eigenvalue weighted by Crippen LogP contribution is 2.28. The van der Waals surface area contributed by atoms with Gasteiger partial charge in [0.15, 0.2) is 0 Å². The molecule has 1 rings (SSSR count). The zero-order valence-corrected chi connectivity index (χ0v) is 12.0. The Morgan fingerprint density at radius 3 is 2.61 bits per heavy atom. The zero-order chi connectivity index (χ0) is 13.5. The second-order valence-electron chi connectivity index (χ2n) is 4.93. The van der Waals surface area contributed by atoms with E-state index in [9.17, 15) is 0 Å². The fourth-order valence-electron chi connectivity index (χ4n) is 2.12. The van der Waals surface area contributed by atoms with Crippen LogP contribution in [-0.4, -0.2) is 13.7 Å². The van der Waals surface area contributed by atoms with Gasteiger partial charge in [-0.1, -0.05) is 26.0 Å². The van der Waals surface area contributed by atoms with Crippen molar-refractivity contribution in [2.24, 2.45) is 11.7 Å². The van der Waals surface area contributed by atoms with E-state index in [4.69, 9.17) is 10.5 Å². The van der Waals surface area contributed by atoms with Crippen LogP contribution in [-0.2, 0) is 0 Å². The van der Waals surface area contributed by atoms with E-state index in [1.165, 1.54) is 16.7 Å². The highest BCUT2D eigenvalue weighted by molar-refractivity contribution is 5.68. The number of aryl methyl sites for hydroxylation is 1. The molecule has 2 N–H and O–H groups in total. The van der Waals surface area contributed by atoms with Crippen LogP contribution in [0.4, 0.5) is 0 Å². The minimum atomic E-state index is 0.524. The van der Waals surface area contributed by atoms with Crippen molar-refractivity contribution in [2.75, 3.05) is 13.7 Å². The molecule has 0 radical (unpaired) electrons. The van der Waals surface area contributed by atoms with Gasteiger partial charge in [0.25, 0.3) is 0 Å². The standard InChI is InChI=1S/C16H25NO/c1-12(2)15(7-5-6-10-17)14-8-9-16(18-4)13(3)11-14/h7-9,11-12H,5-6,10,17H2,1-4H3/b15-7+. The molecule has 18 heavy (non-hydrogen) atoms. The first-order valence-electron chi connectivity index (χ1n) is 6.65. The molecular weight excluding hydrogens is 222 g/mol. The molecule has 0 amide bonds. The van der Waals surface area contributed by atoms with E-state index in [0.29, 0.717) is 5.92 Å². The predicted molar refractivity (Wildman–Crippen MR) is 78.8 cm³/mol. The van der Waals surface area contributed by atoms with Gasteiger partial charge in [-0.2, -0.15) is 0 Å². The van der Waals surface area contributed by atoms with E-state index in [0.717, 1.165) is 25.1 Å². The van der Waals surface area contributed by atoms with Gasteiger partial charge in [0.1, 0.15) is 5.75 Å². The average Bonchev–Trinajstić information content (AvgIpc) is 2.34. The Morgan fingerprint density at radius 2 is 2.11 bits per heavy atom. The molecule has 2 nitrogen and oxygen atoms in total. The van der Waals surface area contributed by atoms with Gasteiger partial charge in [-0.3, -0.25) is 0 Å². The van der Waals surface area contributed by atoms with E-state index in [1.807, 2.05) is 6.07 Å². The molecule has 0 aromatic heterocycles. The minimum absolute atomic E-state index is 0.524. The van der Waals surface area contributed by atoms with E-state index < -0.39 is 0 Å². The summed E-state index contributed by atoms with van der Waals surface area (Å²) >= 11 is 0. The number of hydrogen-bond donors (Lipinski definition) is 1. The summed E-state index contributed by atoms with van der Waals surface area (Å²) in [4.78, 5) is 0. The Kier molecular flexibility index (Phi) is 5.93. The van der Waals surface area contributed by atoms with Crippen LogP contribution in [0.3, 0.4) is 0 Å². The maximum atomic E-state index is 5.55. The fraction of sp³-hybridized carbons (Fsp3) is 0.500. The molecule has 0 bridgehead atoms. The lowest BCUT2D eigenvalue weighted by molar-refractivity contribution is 0.411. The van der Waals surface area contributed by atoms with Gasteiger partial charge in [0, 0.05) is 0 Å². The molecule has 0 unspecified atom stereocenters. The molecular formula is C16H25NO. The van der Waals surface area contributed by atoms with Gasteiger partial charge in [-0.05, 0) is 61.1 Å². The summed E-state index contributed by atoms with van der Waals surface area (Å²) in [6.07, 6.45) is 4.42. The molecule has 100 valence electrons. The molecule has 0 saturated heterocycles. The smallest absolute Gasteiger partial charge is 0.121 e. The first kappa shape index (κ1) is 14.8. The largest absolute Gasteiger partial charge is 0.496 e. The number of hydrogen-bond acceptors (Lipinski definition) is 2. The van der Waals surface area contributed by atoms with Crippen molar-refractivity contribution in [1.82, 2.24) is 0 Å². The fourth-order valence-corrected chi connectivity index (χ4v) is 2.12. The van der Waals surface area contributed by atoms with E-state index in [2.05, 4.69) is 39.0 Å². The number of rotatable bonds is 6. The summed E-state index contributed by atoms with van der Waals surface area (Å²) in [5.41, 5.74) is 9.42. The van der Waals surface area contributed by atoms with Gasteiger partial charge in [-0.25, -0.2) is 0 Å². The van der Waals surface area contributed by atoms with Crippen molar-refractivity contribution in [1.29, 1.82) is 0 Å². The Labute approximate surface area is 111 Å². The highest BCUT2D eigenvalue weighted by atomic mass is 16.5. The Bertz CT molecular complexity index is 408. The van der Waals surface area contributed by atoms with Crippen molar-refractivity contribution in [3.05, 3.63) is 35.4 Å². The first-order chi connectivity index (χ1) is 8.60. The molecule has 0 saturated carbocycles.